The molecule has 0 aromatic heterocycles. The van der Waals surface area contributed by atoms with Crippen LogP contribution in [0.25, 0.3) is 0 Å². The van der Waals surface area contributed by atoms with E-state index in [-0.39, 0.29) is 0 Å². The zero-order valence-electron chi connectivity index (χ0n) is 11.7. The van der Waals surface area contributed by atoms with E-state index < -0.39 is 45.1 Å². The third-order valence-corrected chi connectivity index (χ3v) is 1.99. The fraction of sp³-hybridized carbons (Fsp3) is 1.00. The second kappa shape index (κ2) is 9.68. The molecule has 0 aliphatic heterocycles. The van der Waals surface area contributed by atoms with E-state index in [2.05, 4.69) is 10.6 Å². The van der Waals surface area contributed by atoms with Crippen LogP contribution >= 0.6 is 7.82 Å². The Morgan fingerprint density at radius 3 is 1.55 bits per heavy atom. The summed E-state index contributed by atoms with van der Waals surface area (Å²) in [4.78, 5) is 21.6. The van der Waals surface area contributed by atoms with Gasteiger partial charge in [0, 0.05) is 18.6 Å². The van der Waals surface area contributed by atoms with Gasteiger partial charge >= 0.3 is 20.2 Å². The van der Waals surface area contributed by atoms with Crippen LogP contribution in [0.15, 0.2) is 0 Å². The van der Waals surface area contributed by atoms with E-state index in [0.29, 0.717) is 6.54 Å². The molecule has 0 fully saturated rings. The highest BCUT2D eigenvalue weighted by molar-refractivity contribution is 7.45. The lowest BCUT2D eigenvalue weighted by molar-refractivity contribution is -0.165. The second-order valence-corrected chi connectivity index (χ2v) is 5.50. The molecular weight excluding hydrogens is 345 g/mol. The van der Waals surface area contributed by atoms with Crippen molar-refractivity contribution in [2.45, 2.75) is 44.2 Å². The lowest BCUT2D eigenvalue weighted by Crippen LogP contribution is -2.45. The van der Waals surface area contributed by atoms with Crippen molar-refractivity contribution in [3.63, 3.8) is 0 Å². The molecule has 0 saturated heterocycles. The molecule has 0 radical (unpaired) electrons. The third kappa shape index (κ3) is 24.6. The monoisotopic (exact) mass is 364 g/mol. The molecule has 0 heterocycles. The Labute approximate surface area is 123 Å². The quantitative estimate of drug-likeness (QED) is 0.362. The van der Waals surface area contributed by atoms with Gasteiger partial charge in [-0.2, -0.15) is 26.3 Å². The summed E-state index contributed by atoms with van der Waals surface area (Å²) in [6, 6.07) is -2.10. The van der Waals surface area contributed by atoms with Gasteiger partial charge in [-0.25, -0.2) is 4.57 Å². The van der Waals surface area contributed by atoms with Crippen molar-refractivity contribution >= 4 is 7.82 Å². The first-order valence-electron chi connectivity index (χ1n) is 5.86. The number of alkyl halides is 6. The van der Waals surface area contributed by atoms with Crippen LogP contribution in [0.1, 0.15) is 19.8 Å². The second-order valence-electron chi connectivity index (χ2n) is 4.47. The first-order chi connectivity index (χ1) is 9.53. The van der Waals surface area contributed by atoms with Crippen LogP contribution in [0.5, 0.6) is 0 Å². The lowest BCUT2D eigenvalue weighted by atomic mass is 10.1. The summed E-state index contributed by atoms with van der Waals surface area (Å²) < 4.78 is 81.4. The van der Waals surface area contributed by atoms with E-state index in [1.54, 1.807) is 7.05 Å². The van der Waals surface area contributed by atoms with E-state index >= 15 is 0 Å². The lowest BCUT2D eigenvalue weighted by Gasteiger charge is -2.25. The zero-order valence-corrected chi connectivity index (χ0v) is 12.6. The third-order valence-electron chi connectivity index (χ3n) is 1.99. The summed E-state index contributed by atoms with van der Waals surface area (Å²) in [7, 11) is -3.07. The highest BCUT2D eigenvalue weighted by Gasteiger charge is 2.39. The highest BCUT2D eigenvalue weighted by Crippen LogP contribution is 2.29. The maximum absolute atomic E-state index is 12.1. The van der Waals surface area contributed by atoms with Crippen molar-refractivity contribution in [1.82, 2.24) is 10.6 Å². The van der Waals surface area contributed by atoms with Crippen LogP contribution in [-0.4, -0.2) is 52.7 Å². The Morgan fingerprint density at radius 2 is 1.32 bits per heavy atom. The Balaban J connectivity index is 0. The number of halogens is 6. The van der Waals surface area contributed by atoms with Gasteiger partial charge in [0.1, 0.15) is 0 Å². The van der Waals surface area contributed by atoms with Crippen LogP contribution in [-0.2, 0) is 4.57 Å². The van der Waals surface area contributed by atoms with Crippen LogP contribution in [0, 0.1) is 0 Å². The van der Waals surface area contributed by atoms with Gasteiger partial charge in [0.2, 0.25) is 0 Å². The molecule has 5 N–H and O–H groups in total. The molecule has 6 nitrogen and oxygen atoms in total. The molecule has 0 aromatic carbocycles. The van der Waals surface area contributed by atoms with E-state index in [4.69, 9.17) is 19.2 Å². The summed E-state index contributed by atoms with van der Waals surface area (Å²) in [6.45, 7) is 1.82. The van der Waals surface area contributed by atoms with Crippen molar-refractivity contribution < 1.29 is 45.6 Å². The maximum Gasteiger partial charge on any atom is 0.466 e. The fourth-order valence-corrected chi connectivity index (χ4v) is 1.52. The number of hydrogen-bond donors (Lipinski definition) is 5. The van der Waals surface area contributed by atoms with Crippen molar-refractivity contribution in [2.24, 2.45) is 0 Å². The minimum atomic E-state index is -4.64. The Hall–Kier alpha value is -0.390. The standard InChI is InChI=1S/C9H16F6N2.H3O4P/c1-6(5-16-2)17-7(3-8(10,11)12)4-9(13,14)15;1-5(2,3)4/h6-7,16-17H,3-5H2,1-2H3;(H3,1,2,3,4). The van der Waals surface area contributed by atoms with Crippen molar-refractivity contribution in [3.05, 3.63) is 0 Å². The predicted octanol–water partition coefficient (Wildman–Crippen LogP) is 1.53. The molecule has 0 saturated carbocycles. The molecule has 0 aliphatic rings. The largest absolute Gasteiger partial charge is 0.466 e. The molecule has 22 heavy (non-hydrogen) atoms. The normalized spacial score (nSPS) is 14.5. The number of hydrogen-bond acceptors (Lipinski definition) is 3. The molecule has 1 unspecified atom stereocenters. The average Bonchev–Trinajstić information content (AvgIpc) is 2.07. The summed E-state index contributed by atoms with van der Waals surface area (Å²) in [5.41, 5.74) is 0. The first kappa shape index (κ1) is 23.9. The van der Waals surface area contributed by atoms with Gasteiger partial charge < -0.3 is 25.3 Å². The zero-order chi connectivity index (χ0) is 18.2. The Kier molecular flexibility index (Phi) is 10.5. The minimum absolute atomic E-state index is 0.298. The molecule has 0 aromatic rings. The van der Waals surface area contributed by atoms with Gasteiger partial charge in [-0.1, -0.05) is 0 Å². The first-order valence-corrected chi connectivity index (χ1v) is 7.42. The van der Waals surface area contributed by atoms with E-state index in [1.807, 2.05) is 0 Å². The molecule has 0 rings (SSSR count). The fourth-order valence-electron chi connectivity index (χ4n) is 1.52. The van der Waals surface area contributed by atoms with Gasteiger partial charge in [-0.3, -0.25) is 0 Å². The van der Waals surface area contributed by atoms with E-state index in [1.165, 1.54) is 6.92 Å². The van der Waals surface area contributed by atoms with E-state index in [9.17, 15) is 26.3 Å². The molecule has 0 bridgehead atoms. The summed E-state index contributed by atoms with van der Waals surface area (Å²) in [5, 5.41) is 5.00. The van der Waals surface area contributed by atoms with E-state index in [0.717, 1.165) is 0 Å². The summed E-state index contributed by atoms with van der Waals surface area (Å²) in [5.74, 6) is 0. The van der Waals surface area contributed by atoms with Crippen molar-refractivity contribution in [2.75, 3.05) is 13.6 Å². The maximum atomic E-state index is 12.1. The molecular formula is C9H19F6N2O4P. The highest BCUT2D eigenvalue weighted by atomic mass is 31.2. The Bertz CT molecular complexity index is 322. The Morgan fingerprint density at radius 1 is 1.00 bits per heavy atom. The SMILES string of the molecule is CNCC(C)NC(CC(F)(F)F)CC(F)(F)F.O=P(O)(O)O. The molecule has 1 atom stereocenters. The van der Waals surface area contributed by atoms with Gasteiger partial charge in [0.15, 0.2) is 0 Å². The summed E-state index contributed by atoms with van der Waals surface area (Å²) in [6.07, 6.45) is -12.2. The van der Waals surface area contributed by atoms with Crippen LogP contribution < -0.4 is 10.6 Å². The van der Waals surface area contributed by atoms with Gasteiger partial charge in [-0.15, -0.1) is 0 Å². The topological polar surface area (TPSA) is 102 Å². The van der Waals surface area contributed by atoms with Crippen molar-refractivity contribution in [1.29, 1.82) is 0 Å². The smallest absolute Gasteiger partial charge is 0.318 e. The predicted molar refractivity (Wildman–Crippen MR) is 65.9 cm³/mol. The van der Waals surface area contributed by atoms with Gasteiger partial charge in [0.05, 0.1) is 12.8 Å². The summed E-state index contributed by atoms with van der Waals surface area (Å²) >= 11 is 0. The van der Waals surface area contributed by atoms with Crippen LogP contribution in [0.4, 0.5) is 26.3 Å². The molecule has 13 heteroatoms. The number of rotatable bonds is 6. The molecule has 0 spiro atoms. The molecule has 136 valence electrons. The average molecular weight is 364 g/mol. The molecule has 0 amide bonds. The minimum Gasteiger partial charge on any atom is -0.318 e. The molecule has 0 aliphatic carbocycles. The van der Waals surface area contributed by atoms with Gasteiger partial charge in [-0.05, 0) is 14.0 Å². The number of nitrogens with one attached hydrogen (secondary N) is 2. The van der Waals surface area contributed by atoms with Gasteiger partial charge in [0.25, 0.3) is 0 Å². The van der Waals surface area contributed by atoms with Crippen LogP contribution in [0.3, 0.4) is 0 Å². The number of phosphoric acid groups is 1. The number of likely N-dealkylation sites (N-methyl/N-ethyl adjacent to an activating group) is 1. The van der Waals surface area contributed by atoms with Crippen LogP contribution in [0.2, 0.25) is 0 Å². The van der Waals surface area contributed by atoms with Crippen molar-refractivity contribution in [3.8, 4) is 0 Å².